The molecule has 1 aromatic carbocycles. The van der Waals surface area contributed by atoms with Gasteiger partial charge >= 0.3 is 0 Å². The van der Waals surface area contributed by atoms with E-state index in [0.717, 1.165) is 10.2 Å². The Morgan fingerprint density at radius 1 is 1.36 bits per heavy atom. The van der Waals surface area contributed by atoms with E-state index >= 15 is 0 Å². The standard InChI is InChI=1S/C10H13BrN2S/c1-6-4-8(13(3)10(12)14)5-7(2)9(6)11/h4-5H,1-3H3,(H2,12,14). The molecule has 0 saturated heterocycles. The second-order valence-electron chi connectivity index (χ2n) is 3.29. The lowest BCUT2D eigenvalue weighted by molar-refractivity contribution is 1.23. The first-order valence-electron chi connectivity index (χ1n) is 4.23. The van der Waals surface area contributed by atoms with Crippen molar-refractivity contribution in [1.29, 1.82) is 0 Å². The highest BCUT2D eigenvalue weighted by Gasteiger charge is 2.07. The summed E-state index contributed by atoms with van der Waals surface area (Å²) in [5.74, 6) is 0. The summed E-state index contributed by atoms with van der Waals surface area (Å²) in [7, 11) is 1.87. The van der Waals surface area contributed by atoms with Gasteiger partial charge in [-0.2, -0.15) is 0 Å². The van der Waals surface area contributed by atoms with E-state index in [9.17, 15) is 0 Å². The highest BCUT2D eigenvalue weighted by atomic mass is 79.9. The van der Waals surface area contributed by atoms with E-state index in [4.69, 9.17) is 18.0 Å². The molecule has 0 spiro atoms. The molecule has 0 atom stereocenters. The van der Waals surface area contributed by atoms with Crippen molar-refractivity contribution < 1.29 is 0 Å². The molecule has 14 heavy (non-hydrogen) atoms. The van der Waals surface area contributed by atoms with Gasteiger partial charge < -0.3 is 10.6 Å². The van der Waals surface area contributed by atoms with Gasteiger partial charge in [0.2, 0.25) is 0 Å². The van der Waals surface area contributed by atoms with E-state index < -0.39 is 0 Å². The van der Waals surface area contributed by atoms with Gasteiger partial charge in [0, 0.05) is 17.2 Å². The predicted molar refractivity (Wildman–Crippen MR) is 68.8 cm³/mol. The van der Waals surface area contributed by atoms with Crippen LogP contribution in [0, 0.1) is 13.8 Å². The number of halogens is 1. The number of aryl methyl sites for hydroxylation is 2. The number of anilines is 1. The number of hydrogen-bond acceptors (Lipinski definition) is 1. The smallest absolute Gasteiger partial charge is 0.170 e. The second kappa shape index (κ2) is 4.28. The molecule has 0 heterocycles. The molecule has 0 amide bonds. The molecule has 0 fully saturated rings. The van der Waals surface area contributed by atoms with Crippen molar-refractivity contribution in [2.24, 2.45) is 5.73 Å². The zero-order valence-electron chi connectivity index (χ0n) is 8.47. The van der Waals surface area contributed by atoms with E-state index in [1.54, 1.807) is 4.90 Å². The summed E-state index contributed by atoms with van der Waals surface area (Å²) in [6.07, 6.45) is 0. The number of hydrogen-bond donors (Lipinski definition) is 1. The van der Waals surface area contributed by atoms with E-state index in [2.05, 4.69) is 28.1 Å². The molecule has 0 radical (unpaired) electrons. The summed E-state index contributed by atoms with van der Waals surface area (Å²) in [6.45, 7) is 4.10. The Hall–Kier alpha value is -0.610. The van der Waals surface area contributed by atoms with Crippen LogP contribution in [0.2, 0.25) is 0 Å². The van der Waals surface area contributed by atoms with Crippen molar-refractivity contribution >= 4 is 38.9 Å². The van der Waals surface area contributed by atoms with Crippen LogP contribution in [0.25, 0.3) is 0 Å². The number of thiocarbonyl (C=S) groups is 1. The minimum absolute atomic E-state index is 0.381. The largest absolute Gasteiger partial charge is 0.376 e. The van der Waals surface area contributed by atoms with Crippen LogP contribution in [-0.2, 0) is 0 Å². The van der Waals surface area contributed by atoms with Crippen molar-refractivity contribution in [2.75, 3.05) is 11.9 Å². The van der Waals surface area contributed by atoms with Crippen LogP contribution in [0.15, 0.2) is 16.6 Å². The lowest BCUT2D eigenvalue weighted by atomic mass is 10.1. The molecular weight excluding hydrogens is 260 g/mol. The second-order valence-corrected chi connectivity index (χ2v) is 4.50. The lowest BCUT2D eigenvalue weighted by Gasteiger charge is -2.18. The van der Waals surface area contributed by atoms with Crippen molar-refractivity contribution in [2.45, 2.75) is 13.8 Å². The molecule has 0 aliphatic carbocycles. The van der Waals surface area contributed by atoms with E-state index in [1.165, 1.54) is 11.1 Å². The third-order valence-electron chi connectivity index (χ3n) is 2.14. The molecule has 2 N–H and O–H groups in total. The average molecular weight is 273 g/mol. The van der Waals surface area contributed by atoms with Crippen molar-refractivity contribution in [3.63, 3.8) is 0 Å². The third kappa shape index (κ3) is 2.25. The van der Waals surface area contributed by atoms with Gasteiger partial charge in [-0.1, -0.05) is 15.9 Å². The first kappa shape index (κ1) is 11.5. The summed E-state index contributed by atoms with van der Waals surface area (Å²) in [5.41, 5.74) is 8.94. The normalized spacial score (nSPS) is 10.0. The summed E-state index contributed by atoms with van der Waals surface area (Å²) >= 11 is 8.43. The topological polar surface area (TPSA) is 29.3 Å². The first-order chi connectivity index (χ1) is 6.43. The number of nitrogens with two attached hydrogens (primary N) is 1. The van der Waals surface area contributed by atoms with Crippen molar-refractivity contribution in [3.05, 3.63) is 27.7 Å². The summed E-state index contributed by atoms with van der Waals surface area (Å²) < 4.78 is 1.14. The van der Waals surface area contributed by atoms with Crippen molar-refractivity contribution in [1.82, 2.24) is 0 Å². The van der Waals surface area contributed by atoms with Gasteiger partial charge in [0.05, 0.1) is 0 Å². The highest BCUT2D eigenvalue weighted by Crippen LogP contribution is 2.26. The zero-order valence-corrected chi connectivity index (χ0v) is 10.9. The van der Waals surface area contributed by atoms with Crippen LogP contribution in [0.5, 0.6) is 0 Å². The molecule has 0 aliphatic rings. The fraction of sp³-hybridized carbons (Fsp3) is 0.300. The van der Waals surface area contributed by atoms with Gasteiger partial charge in [0.15, 0.2) is 5.11 Å². The van der Waals surface area contributed by atoms with Gasteiger partial charge in [0.25, 0.3) is 0 Å². The minimum atomic E-state index is 0.381. The third-order valence-corrected chi connectivity index (χ3v) is 3.66. The number of benzene rings is 1. The summed E-state index contributed by atoms with van der Waals surface area (Å²) in [6, 6.07) is 4.10. The fourth-order valence-electron chi connectivity index (χ4n) is 1.24. The van der Waals surface area contributed by atoms with Crippen LogP contribution in [0.4, 0.5) is 5.69 Å². The van der Waals surface area contributed by atoms with Gasteiger partial charge in [-0.15, -0.1) is 0 Å². The Morgan fingerprint density at radius 2 is 1.79 bits per heavy atom. The van der Waals surface area contributed by atoms with Crippen LogP contribution < -0.4 is 10.6 Å². The first-order valence-corrected chi connectivity index (χ1v) is 5.43. The zero-order chi connectivity index (χ0) is 10.9. The van der Waals surface area contributed by atoms with Gasteiger partial charge in [-0.25, -0.2) is 0 Å². The highest BCUT2D eigenvalue weighted by molar-refractivity contribution is 9.10. The van der Waals surface area contributed by atoms with Crippen molar-refractivity contribution in [3.8, 4) is 0 Å². The fourth-order valence-corrected chi connectivity index (χ4v) is 1.58. The molecular formula is C10H13BrN2S. The Labute approximate surface area is 98.2 Å². The maximum Gasteiger partial charge on any atom is 0.170 e. The molecule has 76 valence electrons. The van der Waals surface area contributed by atoms with Crippen LogP contribution >= 0.6 is 28.1 Å². The molecule has 1 rings (SSSR count). The van der Waals surface area contributed by atoms with Gasteiger partial charge in [-0.05, 0) is 49.3 Å². The van der Waals surface area contributed by atoms with Crippen LogP contribution in [0.1, 0.15) is 11.1 Å². The molecule has 1 aromatic rings. The van der Waals surface area contributed by atoms with E-state index in [1.807, 2.05) is 20.9 Å². The molecule has 0 bridgehead atoms. The Bertz CT molecular complexity index is 353. The SMILES string of the molecule is Cc1cc(N(C)C(N)=S)cc(C)c1Br. The lowest BCUT2D eigenvalue weighted by Crippen LogP contribution is -2.31. The Kier molecular flexibility index (Phi) is 3.50. The predicted octanol–water partition coefficient (Wildman–Crippen LogP) is 2.75. The van der Waals surface area contributed by atoms with Crippen LogP contribution in [0.3, 0.4) is 0 Å². The summed E-state index contributed by atoms with van der Waals surface area (Å²) in [4.78, 5) is 1.79. The molecule has 2 nitrogen and oxygen atoms in total. The molecule has 0 saturated carbocycles. The average Bonchev–Trinajstić information content (AvgIpc) is 2.12. The van der Waals surface area contributed by atoms with E-state index in [0.29, 0.717) is 5.11 Å². The monoisotopic (exact) mass is 272 g/mol. The Morgan fingerprint density at radius 3 is 2.14 bits per heavy atom. The molecule has 0 unspecified atom stereocenters. The van der Waals surface area contributed by atoms with Gasteiger partial charge in [0.1, 0.15) is 0 Å². The van der Waals surface area contributed by atoms with Gasteiger partial charge in [-0.3, -0.25) is 0 Å². The number of rotatable bonds is 1. The quantitative estimate of drug-likeness (QED) is 0.798. The maximum absolute atomic E-state index is 5.55. The number of nitrogens with zero attached hydrogens (tertiary/aromatic N) is 1. The van der Waals surface area contributed by atoms with Crippen LogP contribution in [-0.4, -0.2) is 12.2 Å². The molecule has 0 aromatic heterocycles. The maximum atomic E-state index is 5.55. The minimum Gasteiger partial charge on any atom is -0.376 e. The Balaban J connectivity index is 3.19. The summed E-state index contributed by atoms with van der Waals surface area (Å²) in [5, 5.41) is 0.381. The molecule has 0 aliphatic heterocycles. The molecule has 4 heteroatoms. The van der Waals surface area contributed by atoms with E-state index in [-0.39, 0.29) is 0 Å².